The molecule has 0 bridgehead atoms. The van der Waals surface area contributed by atoms with E-state index in [9.17, 15) is 14.4 Å². The molecule has 1 aromatic heterocycles. The van der Waals surface area contributed by atoms with Gasteiger partial charge < -0.3 is 29.3 Å². The number of rotatable bonds is 10. The Hall–Kier alpha value is -3.98. The van der Waals surface area contributed by atoms with Gasteiger partial charge in [-0.25, -0.2) is 4.79 Å². The highest BCUT2D eigenvalue weighted by molar-refractivity contribution is 6.30. The molecule has 0 saturated heterocycles. The lowest BCUT2D eigenvalue weighted by molar-refractivity contribution is -0.134. The molecule has 1 heterocycles. The molecule has 0 saturated carbocycles. The molecule has 3 aromatic rings. The third kappa shape index (κ3) is 6.52. The van der Waals surface area contributed by atoms with E-state index in [1.54, 1.807) is 31.3 Å². The summed E-state index contributed by atoms with van der Waals surface area (Å²) in [5, 5.41) is 0.626. The molecular weight excluding hydrogens is 464 g/mol. The Morgan fingerprint density at radius 2 is 1.74 bits per heavy atom. The Labute approximate surface area is 200 Å². The maximum absolute atomic E-state index is 12.4. The number of nitrogens with zero attached hydrogens (tertiary/aromatic N) is 1. The molecule has 0 spiro atoms. The van der Waals surface area contributed by atoms with Crippen molar-refractivity contribution in [3.05, 3.63) is 70.9 Å². The average Bonchev–Trinajstić information content (AvgIpc) is 3.29. The quantitative estimate of drug-likeness (QED) is 0.436. The van der Waals surface area contributed by atoms with E-state index < -0.39 is 24.4 Å². The Morgan fingerprint density at radius 3 is 2.41 bits per heavy atom. The fourth-order valence-electron chi connectivity index (χ4n) is 2.94. The number of amides is 2. The standard InChI is InChI=1S/C24H23ClN2O7/c1-27(12-18-8-10-19(34-18)15-3-6-17(25)7-4-15)23(29)14-33-24(30)16-5-9-20(21(11-16)31-2)32-13-22(26)28/h3-11H,12-14H2,1-2H3,(H2,26,28). The molecule has 0 aliphatic carbocycles. The molecule has 10 heteroatoms. The number of hydrogen-bond donors (Lipinski definition) is 1. The lowest BCUT2D eigenvalue weighted by atomic mass is 10.2. The summed E-state index contributed by atoms with van der Waals surface area (Å²) in [6, 6.07) is 15.0. The van der Waals surface area contributed by atoms with Crippen LogP contribution in [0.2, 0.25) is 5.02 Å². The monoisotopic (exact) mass is 486 g/mol. The number of likely N-dealkylation sites (N-methyl/N-ethyl adjacent to an activating group) is 1. The van der Waals surface area contributed by atoms with Crippen LogP contribution >= 0.6 is 11.6 Å². The highest BCUT2D eigenvalue weighted by Crippen LogP contribution is 2.28. The van der Waals surface area contributed by atoms with Crippen molar-refractivity contribution >= 4 is 29.4 Å². The maximum atomic E-state index is 12.4. The fourth-order valence-corrected chi connectivity index (χ4v) is 3.06. The molecule has 2 aromatic carbocycles. The molecule has 0 unspecified atom stereocenters. The van der Waals surface area contributed by atoms with Gasteiger partial charge in [-0.05, 0) is 54.6 Å². The first-order valence-corrected chi connectivity index (χ1v) is 10.5. The van der Waals surface area contributed by atoms with Gasteiger partial charge >= 0.3 is 5.97 Å². The van der Waals surface area contributed by atoms with Gasteiger partial charge in [0.2, 0.25) is 0 Å². The molecular formula is C24H23ClN2O7. The van der Waals surface area contributed by atoms with Crippen LogP contribution in [-0.4, -0.2) is 50.1 Å². The number of hydrogen-bond acceptors (Lipinski definition) is 7. The van der Waals surface area contributed by atoms with Crippen LogP contribution in [0.1, 0.15) is 16.1 Å². The molecule has 0 radical (unpaired) electrons. The smallest absolute Gasteiger partial charge is 0.338 e. The van der Waals surface area contributed by atoms with Crippen LogP contribution in [0, 0.1) is 0 Å². The predicted molar refractivity (Wildman–Crippen MR) is 124 cm³/mol. The summed E-state index contributed by atoms with van der Waals surface area (Å²) in [6.45, 7) is -0.593. The molecule has 0 atom stereocenters. The van der Waals surface area contributed by atoms with Crippen LogP contribution in [-0.2, 0) is 20.9 Å². The van der Waals surface area contributed by atoms with Crippen molar-refractivity contribution in [2.45, 2.75) is 6.54 Å². The van der Waals surface area contributed by atoms with Crippen molar-refractivity contribution in [2.75, 3.05) is 27.4 Å². The molecule has 2 N–H and O–H groups in total. The number of nitrogens with two attached hydrogens (primary N) is 1. The second-order valence-electron chi connectivity index (χ2n) is 7.22. The summed E-state index contributed by atoms with van der Waals surface area (Å²) in [7, 11) is 2.96. The molecule has 0 aliphatic heterocycles. The van der Waals surface area contributed by atoms with Crippen LogP contribution in [0.25, 0.3) is 11.3 Å². The minimum absolute atomic E-state index is 0.150. The summed E-state index contributed by atoms with van der Waals surface area (Å²) in [4.78, 5) is 37.1. The van der Waals surface area contributed by atoms with Crippen molar-refractivity contribution in [2.24, 2.45) is 5.73 Å². The second-order valence-corrected chi connectivity index (χ2v) is 7.66. The number of esters is 1. The van der Waals surface area contributed by atoms with Crippen molar-refractivity contribution in [3.63, 3.8) is 0 Å². The van der Waals surface area contributed by atoms with Crippen LogP contribution in [0.15, 0.2) is 59.0 Å². The zero-order valence-electron chi connectivity index (χ0n) is 18.6. The molecule has 2 amide bonds. The van der Waals surface area contributed by atoms with E-state index in [4.69, 9.17) is 36.0 Å². The lowest BCUT2D eigenvalue weighted by Crippen LogP contribution is -2.30. The molecule has 34 heavy (non-hydrogen) atoms. The Balaban J connectivity index is 1.54. The van der Waals surface area contributed by atoms with Crippen molar-refractivity contribution in [1.29, 1.82) is 0 Å². The van der Waals surface area contributed by atoms with E-state index in [1.165, 1.54) is 30.2 Å². The highest BCUT2D eigenvalue weighted by atomic mass is 35.5. The normalized spacial score (nSPS) is 10.4. The molecule has 9 nitrogen and oxygen atoms in total. The zero-order chi connectivity index (χ0) is 24.7. The summed E-state index contributed by atoms with van der Waals surface area (Å²) in [5.74, 6) is -0.0993. The largest absolute Gasteiger partial charge is 0.493 e. The Morgan fingerprint density at radius 1 is 1.00 bits per heavy atom. The fraction of sp³-hybridized carbons (Fsp3) is 0.208. The number of benzene rings is 2. The number of ether oxygens (including phenoxy) is 3. The van der Waals surface area contributed by atoms with Gasteiger partial charge in [-0.2, -0.15) is 0 Å². The maximum Gasteiger partial charge on any atom is 0.338 e. The van der Waals surface area contributed by atoms with Crippen molar-refractivity contribution in [1.82, 2.24) is 4.90 Å². The number of methoxy groups -OCH3 is 1. The third-order valence-electron chi connectivity index (χ3n) is 4.71. The van der Waals surface area contributed by atoms with Crippen molar-refractivity contribution in [3.8, 4) is 22.8 Å². The van der Waals surface area contributed by atoms with E-state index in [0.717, 1.165) is 5.56 Å². The zero-order valence-corrected chi connectivity index (χ0v) is 19.3. The van der Waals surface area contributed by atoms with Gasteiger partial charge in [0.25, 0.3) is 11.8 Å². The molecule has 178 valence electrons. The summed E-state index contributed by atoms with van der Waals surface area (Å²) in [5.41, 5.74) is 6.07. The van der Waals surface area contributed by atoms with Gasteiger partial charge in [0.1, 0.15) is 11.5 Å². The SMILES string of the molecule is COc1cc(C(=O)OCC(=O)N(C)Cc2ccc(-c3ccc(Cl)cc3)o2)ccc1OCC(N)=O. The third-order valence-corrected chi connectivity index (χ3v) is 4.96. The van der Waals surface area contributed by atoms with Gasteiger partial charge in [-0.15, -0.1) is 0 Å². The van der Waals surface area contributed by atoms with Crippen LogP contribution in [0.4, 0.5) is 0 Å². The highest BCUT2D eigenvalue weighted by Gasteiger charge is 2.17. The van der Waals surface area contributed by atoms with Gasteiger partial charge in [-0.3, -0.25) is 9.59 Å². The first-order chi connectivity index (χ1) is 16.3. The van der Waals surface area contributed by atoms with E-state index in [1.807, 2.05) is 12.1 Å². The first kappa shape index (κ1) is 24.7. The molecule has 3 rings (SSSR count). The van der Waals surface area contributed by atoms with E-state index in [2.05, 4.69) is 0 Å². The number of furan rings is 1. The Kier molecular flexibility index (Phi) is 8.15. The van der Waals surface area contributed by atoms with Crippen LogP contribution in [0.5, 0.6) is 11.5 Å². The van der Waals surface area contributed by atoms with E-state index in [-0.39, 0.29) is 30.2 Å². The van der Waals surface area contributed by atoms with Gasteiger partial charge in [-0.1, -0.05) is 11.6 Å². The number of primary amides is 1. The van der Waals surface area contributed by atoms with Gasteiger partial charge in [0, 0.05) is 17.6 Å². The number of halogens is 1. The van der Waals surface area contributed by atoms with Crippen LogP contribution in [0.3, 0.4) is 0 Å². The summed E-state index contributed by atoms with van der Waals surface area (Å²) in [6.07, 6.45) is 0. The Bertz CT molecular complexity index is 1170. The summed E-state index contributed by atoms with van der Waals surface area (Å²) < 4.78 is 21.3. The second kappa shape index (κ2) is 11.2. The molecule has 0 fully saturated rings. The van der Waals surface area contributed by atoms with E-state index >= 15 is 0 Å². The predicted octanol–water partition coefficient (Wildman–Crippen LogP) is 3.29. The topological polar surface area (TPSA) is 121 Å². The summed E-state index contributed by atoms with van der Waals surface area (Å²) >= 11 is 5.91. The van der Waals surface area contributed by atoms with Gasteiger partial charge in [0.15, 0.2) is 24.7 Å². The minimum atomic E-state index is -0.718. The number of carbonyl (C=O) groups is 3. The van der Waals surface area contributed by atoms with Crippen LogP contribution < -0.4 is 15.2 Å². The van der Waals surface area contributed by atoms with Gasteiger partial charge in [0.05, 0.1) is 19.2 Å². The van der Waals surface area contributed by atoms with E-state index in [0.29, 0.717) is 16.5 Å². The average molecular weight is 487 g/mol. The van der Waals surface area contributed by atoms with Crippen molar-refractivity contribution < 1.29 is 33.0 Å². The lowest BCUT2D eigenvalue weighted by Gasteiger charge is -2.16. The molecule has 0 aliphatic rings. The number of carbonyl (C=O) groups excluding carboxylic acids is 3. The minimum Gasteiger partial charge on any atom is -0.493 e. The first-order valence-electron chi connectivity index (χ1n) is 10.1.